The summed E-state index contributed by atoms with van der Waals surface area (Å²) in [4.78, 5) is 10.9. The van der Waals surface area contributed by atoms with Crippen molar-refractivity contribution in [3.8, 4) is 0 Å². The van der Waals surface area contributed by atoms with Crippen LogP contribution in [0.15, 0.2) is 17.5 Å². The van der Waals surface area contributed by atoms with Gasteiger partial charge in [-0.15, -0.1) is 0 Å². The summed E-state index contributed by atoms with van der Waals surface area (Å²) < 4.78 is 0. The second-order valence-corrected chi connectivity index (χ2v) is 5.26. The van der Waals surface area contributed by atoms with Gasteiger partial charge in [-0.3, -0.25) is 0 Å². The number of anilines is 1. The third-order valence-electron chi connectivity index (χ3n) is 3.25. The van der Waals surface area contributed by atoms with Gasteiger partial charge in [0.25, 0.3) is 0 Å². The largest absolute Gasteiger partial charge is 0.409 e. The standard InChI is InChI=1S/C14H25N5O/c1-5-11(6-2)19(9-10(3)4)13-8-16-12(7-17-13)14(15)18-20/h7-8,10-11,20H,5-6,9H2,1-4H3,(H2,15,18). The van der Waals surface area contributed by atoms with Crippen molar-refractivity contribution in [1.29, 1.82) is 0 Å². The molecule has 0 amide bonds. The molecule has 3 N–H and O–H groups in total. The molecular formula is C14H25N5O. The van der Waals surface area contributed by atoms with Gasteiger partial charge in [0.05, 0.1) is 12.4 Å². The van der Waals surface area contributed by atoms with Gasteiger partial charge in [0, 0.05) is 12.6 Å². The van der Waals surface area contributed by atoms with Gasteiger partial charge in [-0.1, -0.05) is 32.9 Å². The molecule has 0 aromatic carbocycles. The lowest BCUT2D eigenvalue weighted by Gasteiger charge is -2.32. The van der Waals surface area contributed by atoms with Gasteiger partial charge in [-0.05, 0) is 18.8 Å². The lowest BCUT2D eigenvalue weighted by molar-refractivity contribution is 0.318. The first-order valence-corrected chi connectivity index (χ1v) is 7.09. The minimum Gasteiger partial charge on any atom is -0.409 e. The maximum Gasteiger partial charge on any atom is 0.190 e. The van der Waals surface area contributed by atoms with Crippen LogP contribution in [-0.2, 0) is 0 Å². The summed E-state index contributed by atoms with van der Waals surface area (Å²) in [6.45, 7) is 9.67. The zero-order valence-electron chi connectivity index (χ0n) is 12.7. The SMILES string of the molecule is CCC(CC)N(CC(C)C)c1cnc(C(N)=NO)cn1. The van der Waals surface area contributed by atoms with Crippen molar-refractivity contribution >= 4 is 11.7 Å². The molecule has 1 aromatic heterocycles. The summed E-state index contributed by atoms with van der Waals surface area (Å²) in [5.74, 6) is 1.35. The van der Waals surface area contributed by atoms with E-state index in [2.05, 4.69) is 47.7 Å². The Kier molecular flexibility index (Phi) is 6.21. The Morgan fingerprint density at radius 1 is 1.30 bits per heavy atom. The molecule has 0 fully saturated rings. The molecule has 112 valence electrons. The van der Waals surface area contributed by atoms with Gasteiger partial charge in [-0.2, -0.15) is 0 Å². The Balaban J connectivity index is 3.01. The van der Waals surface area contributed by atoms with Crippen LogP contribution in [0.2, 0.25) is 0 Å². The molecule has 0 aliphatic heterocycles. The highest BCUT2D eigenvalue weighted by Crippen LogP contribution is 2.19. The van der Waals surface area contributed by atoms with Gasteiger partial charge in [0.2, 0.25) is 0 Å². The molecule has 0 aliphatic carbocycles. The molecule has 20 heavy (non-hydrogen) atoms. The van der Waals surface area contributed by atoms with E-state index in [1.165, 1.54) is 0 Å². The van der Waals surface area contributed by atoms with E-state index in [9.17, 15) is 0 Å². The molecule has 0 saturated carbocycles. The lowest BCUT2D eigenvalue weighted by atomic mass is 10.1. The number of oxime groups is 1. The predicted octanol–water partition coefficient (Wildman–Crippen LogP) is 2.22. The first-order chi connectivity index (χ1) is 9.53. The average Bonchev–Trinajstić information content (AvgIpc) is 2.46. The van der Waals surface area contributed by atoms with E-state index < -0.39 is 0 Å². The molecule has 0 aliphatic rings. The molecule has 6 heteroatoms. The molecule has 1 rings (SSSR count). The number of nitrogens with zero attached hydrogens (tertiary/aromatic N) is 4. The van der Waals surface area contributed by atoms with Crippen LogP contribution in [0.1, 0.15) is 46.2 Å². The van der Waals surface area contributed by atoms with Crippen molar-refractivity contribution in [2.75, 3.05) is 11.4 Å². The quantitative estimate of drug-likeness (QED) is 0.346. The van der Waals surface area contributed by atoms with Crippen LogP contribution in [0.25, 0.3) is 0 Å². The Morgan fingerprint density at radius 3 is 2.35 bits per heavy atom. The molecular weight excluding hydrogens is 254 g/mol. The molecule has 0 bridgehead atoms. The topological polar surface area (TPSA) is 87.6 Å². The summed E-state index contributed by atoms with van der Waals surface area (Å²) in [5.41, 5.74) is 5.88. The highest BCUT2D eigenvalue weighted by Gasteiger charge is 2.18. The smallest absolute Gasteiger partial charge is 0.190 e. The maximum absolute atomic E-state index is 8.63. The Labute approximate surface area is 120 Å². The summed E-state index contributed by atoms with van der Waals surface area (Å²) in [6, 6.07) is 0.446. The van der Waals surface area contributed by atoms with E-state index in [4.69, 9.17) is 10.9 Å². The average molecular weight is 279 g/mol. The number of hydrogen-bond acceptors (Lipinski definition) is 5. The van der Waals surface area contributed by atoms with Crippen LogP contribution < -0.4 is 10.6 Å². The van der Waals surface area contributed by atoms with E-state index in [0.29, 0.717) is 17.7 Å². The molecule has 0 unspecified atom stereocenters. The normalized spacial score (nSPS) is 12.2. The van der Waals surface area contributed by atoms with Crippen LogP contribution >= 0.6 is 0 Å². The number of hydrogen-bond donors (Lipinski definition) is 2. The highest BCUT2D eigenvalue weighted by atomic mass is 16.4. The summed E-state index contributed by atoms with van der Waals surface area (Å²) in [6.07, 6.45) is 5.36. The fourth-order valence-electron chi connectivity index (χ4n) is 2.21. The van der Waals surface area contributed by atoms with Gasteiger partial charge in [-0.25, -0.2) is 9.97 Å². The third-order valence-corrected chi connectivity index (χ3v) is 3.25. The number of aromatic nitrogens is 2. The zero-order valence-corrected chi connectivity index (χ0v) is 12.7. The van der Waals surface area contributed by atoms with Gasteiger partial charge < -0.3 is 15.8 Å². The minimum atomic E-state index is -0.0259. The number of amidine groups is 1. The maximum atomic E-state index is 8.63. The van der Waals surface area contributed by atoms with Crippen LogP contribution in [0.4, 0.5) is 5.82 Å². The van der Waals surface area contributed by atoms with E-state index in [0.717, 1.165) is 25.2 Å². The summed E-state index contributed by atoms with van der Waals surface area (Å²) >= 11 is 0. The summed E-state index contributed by atoms with van der Waals surface area (Å²) in [5, 5.41) is 11.6. The monoisotopic (exact) mass is 279 g/mol. The predicted molar refractivity (Wildman–Crippen MR) is 81.1 cm³/mol. The van der Waals surface area contributed by atoms with Crippen LogP contribution in [0.3, 0.4) is 0 Å². The Morgan fingerprint density at radius 2 is 1.95 bits per heavy atom. The summed E-state index contributed by atoms with van der Waals surface area (Å²) in [7, 11) is 0. The second-order valence-electron chi connectivity index (χ2n) is 5.26. The fraction of sp³-hybridized carbons (Fsp3) is 0.643. The first kappa shape index (κ1) is 16.2. The molecule has 6 nitrogen and oxygen atoms in total. The lowest BCUT2D eigenvalue weighted by Crippen LogP contribution is -2.38. The fourth-order valence-corrected chi connectivity index (χ4v) is 2.21. The van der Waals surface area contributed by atoms with Crippen molar-refractivity contribution in [3.05, 3.63) is 18.1 Å². The zero-order chi connectivity index (χ0) is 15.1. The van der Waals surface area contributed by atoms with Crippen molar-refractivity contribution < 1.29 is 5.21 Å². The van der Waals surface area contributed by atoms with Crippen molar-refractivity contribution in [3.63, 3.8) is 0 Å². The van der Waals surface area contributed by atoms with E-state index >= 15 is 0 Å². The minimum absolute atomic E-state index is 0.0259. The Bertz CT molecular complexity index is 426. The van der Waals surface area contributed by atoms with Gasteiger partial charge in [0.15, 0.2) is 5.84 Å². The van der Waals surface area contributed by atoms with Crippen molar-refractivity contribution in [1.82, 2.24) is 9.97 Å². The number of rotatable bonds is 7. The van der Waals surface area contributed by atoms with Crippen molar-refractivity contribution in [2.24, 2.45) is 16.8 Å². The molecule has 0 saturated heterocycles. The number of nitrogens with two attached hydrogens (primary N) is 1. The third kappa shape index (κ3) is 4.08. The van der Waals surface area contributed by atoms with Crippen molar-refractivity contribution in [2.45, 2.75) is 46.6 Å². The second kappa shape index (κ2) is 7.67. The Hall–Kier alpha value is -1.85. The van der Waals surface area contributed by atoms with E-state index in [-0.39, 0.29) is 5.84 Å². The highest BCUT2D eigenvalue weighted by molar-refractivity contribution is 5.94. The van der Waals surface area contributed by atoms with Crippen LogP contribution in [0.5, 0.6) is 0 Å². The molecule has 0 radical (unpaired) electrons. The van der Waals surface area contributed by atoms with Gasteiger partial charge >= 0.3 is 0 Å². The van der Waals surface area contributed by atoms with Crippen LogP contribution in [0, 0.1) is 5.92 Å². The molecule has 0 spiro atoms. The molecule has 0 atom stereocenters. The van der Waals surface area contributed by atoms with Gasteiger partial charge in [0.1, 0.15) is 11.5 Å². The molecule has 1 aromatic rings. The van der Waals surface area contributed by atoms with E-state index in [1.54, 1.807) is 12.4 Å². The van der Waals surface area contributed by atoms with Crippen LogP contribution in [-0.4, -0.2) is 33.6 Å². The molecule has 1 heterocycles. The first-order valence-electron chi connectivity index (χ1n) is 7.09. The van der Waals surface area contributed by atoms with E-state index in [1.807, 2.05) is 0 Å².